The van der Waals surface area contributed by atoms with Gasteiger partial charge < -0.3 is 14.6 Å². The summed E-state index contributed by atoms with van der Waals surface area (Å²) >= 11 is 6.00. The Morgan fingerprint density at radius 2 is 1.71 bits per heavy atom. The van der Waals surface area contributed by atoms with E-state index >= 15 is 0 Å². The lowest BCUT2D eigenvalue weighted by atomic mass is 9.95. The first kappa shape index (κ1) is 17.5. The Balaban J connectivity index is 3.08. The molecule has 6 heteroatoms. The number of ether oxygens (including phenoxy) is 2. The van der Waals surface area contributed by atoms with E-state index in [9.17, 15) is 14.7 Å². The molecule has 116 valence electrons. The molecule has 0 aliphatic carbocycles. The summed E-state index contributed by atoms with van der Waals surface area (Å²) in [6, 6.07) is 4.83. The molecule has 0 aromatic heterocycles. The van der Waals surface area contributed by atoms with Crippen LogP contribution in [0.15, 0.2) is 18.2 Å². The second-order valence-corrected chi connectivity index (χ2v) is 4.84. The average molecular weight is 315 g/mol. The zero-order chi connectivity index (χ0) is 16.0. The third-order valence-electron chi connectivity index (χ3n) is 2.93. The van der Waals surface area contributed by atoms with Gasteiger partial charge in [-0.15, -0.1) is 0 Å². The summed E-state index contributed by atoms with van der Waals surface area (Å²) in [6.07, 6.45) is -1.37. The van der Waals surface area contributed by atoms with Crippen LogP contribution in [0, 0.1) is 12.8 Å². The van der Waals surface area contributed by atoms with Gasteiger partial charge in [-0.1, -0.05) is 23.7 Å². The number of aryl methyl sites for hydroxylation is 1. The van der Waals surface area contributed by atoms with Crippen LogP contribution in [0.5, 0.6) is 0 Å². The molecule has 0 heterocycles. The Bertz CT molecular complexity index is 497. The van der Waals surface area contributed by atoms with E-state index in [1.54, 1.807) is 26.0 Å². The van der Waals surface area contributed by atoms with Gasteiger partial charge in [0.1, 0.15) is 6.10 Å². The number of carbonyl (C=O) groups excluding carboxylic acids is 2. The van der Waals surface area contributed by atoms with Crippen molar-refractivity contribution in [2.75, 3.05) is 13.2 Å². The molecule has 0 amide bonds. The van der Waals surface area contributed by atoms with Crippen molar-refractivity contribution in [2.24, 2.45) is 5.92 Å². The average Bonchev–Trinajstić information content (AvgIpc) is 2.42. The molecule has 0 saturated heterocycles. The van der Waals surface area contributed by atoms with Crippen LogP contribution in [0.4, 0.5) is 0 Å². The minimum atomic E-state index is -1.43. The Hall–Kier alpha value is -1.59. The number of halogens is 1. The van der Waals surface area contributed by atoms with Crippen LogP contribution in [-0.4, -0.2) is 30.3 Å². The van der Waals surface area contributed by atoms with E-state index in [0.717, 1.165) is 5.56 Å². The van der Waals surface area contributed by atoms with Crippen molar-refractivity contribution in [2.45, 2.75) is 26.9 Å². The molecule has 1 aromatic carbocycles. The van der Waals surface area contributed by atoms with E-state index in [0.29, 0.717) is 10.6 Å². The van der Waals surface area contributed by atoms with Gasteiger partial charge in [0.15, 0.2) is 5.92 Å². The quantitative estimate of drug-likeness (QED) is 0.645. The summed E-state index contributed by atoms with van der Waals surface area (Å²) in [4.78, 5) is 23.8. The molecule has 0 saturated carbocycles. The van der Waals surface area contributed by atoms with Gasteiger partial charge in [0, 0.05) is 5.02 Å². The fourth-order valence-electron chi connectivity index (χ4n) is 1.80. The highest BCUT2D eigenvalue weighted by molar-refractivity contribution is 6.31. The Morgan fingerprint density at radius 1 is 1.19 bits per heavy atom. The van der Waals surface area contributed by atoms with Crippen molar-refractivity contribution in [1.82, 2.24) is 0 Å². The van der Waals surface area contributed by atoms with E-state index in [1.165, 1.54) is 6.07 Å². The number of benzene rings is 1. The van der Waals surface area contributed by atoms with Crippen LogP contribution in [0.2, 0.25) is 5.02 Å². The molecule has 0 radical (unpaired) electrons. The number of aliphatic hydroxyl groups is 1. The molecule has 0 aliphatic rings. The zero-order valence-electron chi connectivity index (χ0n) is 12.3. The molecular formula is C15H19ClO5. The number of hydrogen-bond donors (Lipinski definition) is 1. The Kier molecular flexibility index (Phi) is 6.65. The third-order valence-corrected chi connectivity index (χ3v) is 3.34. The highest BCUT2D eigenvalue weighted by atomic mass is 35.5. The maximum Gasteiger partial charge on any atom is 0.323 e. The topological polar surface area (TPSA) is 72.8 Å². The van der Waals surface area contributed by atoms with Gasteiger partial charge in [0.05, 0.1) is 13.2 Å². The molecule has 0 bridgehead atoms. The summed E-state index contributed by atoms with van der Waals surface area (Å²) in [5.41, 5.74) is 1.19. The highest BCUT2D eigenvalue weighted by Gasteiger charge is 2.37. The molecule has 0 aliphatic heterocycles. The van der Waals surface area contributed by atoms with Crippen LogP contribution >= 0.6 is 11.6 Å². The number of carbonyl (C=O) groups is 2. The third kappa shape index (κ3) is 4.44. The van der Waals surface area contributed by atoms with Crippen LogP contribution in [-0.2, 0) is 19.1 Å². The Morgan fingerprint density at radius 3 is 2.14 bits per heavy atom. The van der Waals surface area contributed by atoms with E-state index in [4.69, 9.17) is 21.1 Å². The van der Waals surface area contributed by atoms with Crippen molar-refractivity contribution in [3.63, 3.8) is 0 Å². The monoisotopic (exact) mass is 314 g/mol. The van der Waals surface area contributed by atoms with Gasteiger partial charge in [-0.2, -0.15) is 0 Å². The van der Waals surface area contributed by atoms with Gasteiger partial charge in [-0.05, 0) is 38.0 Å². The number of rotatable bonds is 6. The molecule has 1 aromatic rings. The van der Waals surface area contributed by atoms with Crippen molar-refractivity contribution in [3.8, 4) is 0 Å². The first-order valence-electron chi connectivity index (χ1n) is 6.69. The largest absolute Gasteiger partial charge is 0.465 e. The standard InChI is InChI=1S/C15H19ClO5/c1-4-20-14(18)12(15(19)21-5-2)13(17)10-7-6-9(3)11(16)8-10/h6-8,12-13,17H,4-5H2,1-3H3. The van der Waals surface area contributed by atoms with Crippen LogP contribution in [0.25, 0.3) is 0 Å². The number of esters is 2. The van der Waals surface area contributed by atoms with Crippen LogP contribution in [0.1, 0.15) is 31.1 Å². The highest BCUT2D eigenvalue weighted by Crippen LogP contribution is 2.28. The van der Waals surface area contributed by atoms with Gasteiger partial charge >= 0.3 is 11.9 Å². The van der Waals surface area contributed by atoms with E-state index in [-0.39, 0.29) is 13.2 Å². The molecule has 21 heavy (non-hydrogen) atoms. The fraction of sp³-hybridized carbons (Fsp3) is 0.467. The normalized spacial score (nSPS) is 12.1. The summed E-state index contributed by atoms with van der Waals surface area (Å²) in [5, 5.41) is 10.8. The first-order valence-corrected chi connectivity index (χ1v) is 7.07. The van der Waals surface area contributed by atoms with E-state index < -0.39 is 24.0 Å². The molecule has 5 nitrogen and oxygen atoms in total. The van der Waals surface area contributed by atoms with Gasteiger partial charge in [0.25, 0.3) is 0 Å². The van der Waals surface area contributed by atoms with Crippen molar-refractivity contribution in [1.29, 1.82) is 0 Å². The number of aliphatic hydroxyl groups excluding tert-OH is 1. The van der Waals surface area contributed by atoms with E-state index in [2.05, 4.69) is 0 Å². The maximum atomic E-state index is 11.9. The minimum Gasteiger partial charge on any atom is -0.465 e. The molecule has 1 rings (SSSR count). The molecule has 0 fully saturated rings. The molecule has 1 unspecified atom stereocenters. The van der Waals surface area contributed by atoms with Crippen LogP contribution < -0.4 is 0 Å². The lowest BCUT2D eigenvalue weighted by Crippen LogP contribution is -2.33. The van der Waals surface area contributed by atoms with Gasteiger partial charge in [-0.25, -0.2) is 0 Å². The first-order chi connectivity index (χ1) is 9.92. The predicted octanol–water partition coefficient (Wildman–Crippen LogP) is 2.42. The zero-order valence-corrected chi connectivity index (χ0v) is 13.0. The second-order valence-electron chi connectivity index (χ2n) is 4.44. The van der Waals surface area contributed by atoms with Gasteiger partial charge in [0.2, 0.25) is 0 Å². The molecule has 1 N–H and O–H groups in total. The summed E-state index contributed by atoms with van der Waals surface area (Å²) in [7, 11) is 0. The lowest BCUT2D eigenvalue weighted by molar-refractivity contribution is -0.167. The summed E-state index contributed by atoms with van der Waals surface area (Å²) in [6.45, 7) is 5.27. The van der Waals surface area contributed by atoms with Crippen molar-refractivity contribution in [3.05, 3.63) is 34.3 Å². The molecule has 0 spiro atoms. The SMILES string of the molecule is CCOC(=O)C(C(=O)OCC)C(O)c1ccc(C)c(Cl)c1. The number of hydrogen-bond acceptors (Lipinski definition) is 5. The molecule has 1 atom stereocenters. The van der Waals surface area contributed by atoms with E-state index in [1.807, 2.05) is 6.92 Å². The van der Waals surface area contributed by atoms with Crippen LogP contribution in [0.3, 0.4) is 0 Å². The minimum absolute atomic E-state index is 0.107. The Labute approximate surface area is 128 Å². The lowest BCUT2D eigenvalue weighted by Gasteiger charge is -2.20. The van der Waals surface area contributed by atoms with Crippen molar-refractivity contribution >= 4 is 23.5 Å². The smallest absolute Gasteiger partial charge is 0.323 e. The van der Waals surface area contributed by atoms with Crippen molar-refractivity contribution < 1.29 is 24.2 Å². The fourth-order valence-corrected chi connectivity index (χ4v) is 1.99. The maximum absolute atomic E-state index is 11.9. The predicted molar refractivity (Wildman–Crippen MR) is 77.9 cm³/mol. The molecular weight excluding hydrogens is 296 g/mol. The summed E-state index contributed by atoms with van der Waals surface area (Å²) in [5.74, 6) is -3.07. The second kappa shape index (κ2) is 8.00. The summed E-state index contributed by atoms with van der Waals surface area (Å²) < 4.78 is 9.67. The van der Waals surface area contributed by atoms with Gasteiger partial charge in [-0.3, -0.25) is 9.59 Å².